The van der Waals surface area contributed by atoms with Crippen molar-refractivity contribution in [3.8, 4) is 17.1 Å². The Morgan fingerprint density at radius 1 is 1.17 bits per heavy atom. The zero-order chi connectivity index (χ0) is 26.1. The summed E-state index contributed by atoms with van der Waals surface area (Å²) >= 11 is 0. The first kappa shape index (κ1) is 28.3. The summed E-state index contributed by atoms with van der Waals surface area (Å²) < 4.78 is 39.8. The molecule has 2 aromatic rings. The third-order valence-electron chi connectivity index (χ3n) is 6.21. The smallest absolute Gasteiger partial charge is 0.254 e. The van der Waals surface area contributed by atoms with Crippen molar-refractivity contribution in [2.45, 2.75) is 44.9 Å². The second-order valence-corrected chi connectivity index (χ2v) is 10.6. The van der Waals surface area contributed by atoms with Crippen molar-refractivity contribution in [1.29, 1.82) is 0 Å². The highest BCUT2D eigenvalue weighted by atomic mass is 32.2. The first-order valence-corrected chi connectivity index (χ1v) is 14.1. The van der Waals surface area contributed by atoms with E-state index in [9.17, 15) is 18.3 Å². The van der Waals surface area contributed by atoms with Crippen LogP contribution in [0.2, 0.25) is 0 Å². The van der Waals surface area contributed by atoms with Gasteiger partial charge in [-0.05, 0) is 37.5 Å². The monoisotopic (exact) mass is 522 g/mol. The molecule has 0 atom stereocenters. The van der Waals surface area contributed by atoms with Gasteiger partial charge < -0.3 is 19.6 Å². The molecule has 0 aliphatic carbocycles. The Hall–Kier alpha value is -2.31. The summed E-state index contributed by atoms with van der Waals surface area (Å²) in [4.78, 5) is 22.4. The summed E-state index contributed by atoms with van der Waals surface area (Å²) in [7, 11) is -3.93. The maximum Gasteiger partial charge on any atom is 0.254 e. The highest BCUT2D eigenvalue weighted by Crippen LogP contribution is 2.31. The summed E-state index contributed by atoms with van der Waals surface area (Å²) in [6.07, 6.45) is 1.90. The van der Waals surface area contributed by atoms with Crippen molar-refractivity contribution in [3.63, 3.8) is 0 Å². The average molecular weight is 523 g/mol. The molecule has 0 spiro atoms. The number of aromatic nitrogens is 2. The van der Waals surface area contributed by atoms with E-state index in [4.69, 9.17) is 9.47 Å². The lowest BCUT2D eigenvalue weighted by atomic mass is 10.1. The van der Waals surface area contributed by atoms with E-state index >= 15 is 0 Å². The molecule has 1 aromatic carbocycles. The number of hydrogen-bond acceptors (Lipinski definition) is 8. The van der Waals surface area contributed by atoms with Gasteiger partial charge in [-0.1, -0.05) is 20.8 Å². The maximum atomic E-state index is 13.6. The van der Waals surface area contributed by atoms with Crippen LogP contribution in [0.25, 0.3) is 11.4 Å². The summed E-state index contributed by atoms with van der Waals surface area (Å²) in [5.74, 6) is 0.728. The highest BCUT2D eigenvalue weighted by molar-refractivity contribution is 7.89. The molecule has 0 bridgehead atoms. The minimum absolute atomic E-state index is 0.0175. The van der Waals surface area contributed by atoms with Crippen LogP contribution < -0.4 is 10.3 Å². The van der Waals surface area contributed by atoms with Crippen molar-refractivity contribution >= 4 is 10.0 Å². The number of aryl methyl sites for hydroxylation is 1. The quantitative estimate of drug-likeness (QED) is 0.407. The molecule has 36 heavy (non-hydrogen) atoms. The molecule has 11 heteroatoms. The largest absolute Gasteiger partial charge is 0.493 e. The number of rotatable bonds is 13. The van der Waals surface area contributed by atoms with E-state index < -0.39 is 10.0 Å². The number of H-pyrrole nitrogens is 1. The molecule has 1 aliphatic heterocycles. The standard InChI is InChI=1S/C25H38N4O6S/c1-4-15-35-23-8-7-19(18-21(23)24-26-22(6-3)20(5-2)25(31)27-24)36(32,33)29(11-14-30)10-9-28-12-16-34-17-13-28/h7-8,18,30H,4-6,9-17H2,1-3H3,(H,26,27,31). The van der Waals surface area contributed by atoms with Crippen molar-refractivity contribution in [1.82, 2.24) is 19.2 Å². The molecule has 2 N–H and O–H groups in total. The zero-order valence-corrected chi connectivity index (χ0v) is 22.3. The van der Waals surface area contributed by atoms with Crippen LogP contribution in [0.4, 0.5) is 0 Å². The van der Waals surface area contributed by atoms with Gasteiger partial charge in [-0.2, -0.15) is 4.31 Å². The molecule has 1 saturated heterocycles. The molecule has 0 unspecified atom stereocenters. The lowest BCUT2D eigenvalue weighted by Crippen LogP contribution is -2.43. The lowest BCUT2D eigenvalue weighted by molar-refractivity contribution is 0.0359. The molecule has 3 rings (SSSR count). The topological polar surface area (TPSA) is 125 Å². The van der Waals surface area contributed by atoms with Crippen molar-refractivity contribution in [3.05, 3.63) is 39.8 Å². The number of aliphatic hydroxyl groups excluding tert-OH is 1. The van der Waals surface area contributed by atoms with Crippen molar-refractivity contribution < 1.29 is 23.0 Å². The third kappa shape index (κ3) is 6.71. The van der Waals surface area contributed by atoms with Gasteiger partial charge in [0.25, 0.3) is 5.56 Å². The molecule has 2 heterocycles. The lowest BCUT2D eigenvalue weighted by Gasteiger charge is -2.29. The Morgan fingerprint density at radius 3 is 2.56 bits per heavy atom. The number of sulfonamides is 1. The molecule has 0 amide bonds. The molecule has 1 aliphatic rings. The number of aromatic amines is 1. The third-order valence-corrected chi connectivity index (χ3v) is 8.11. The average Bonchev–Trinajstić information content (AvgIpc) is 2.89. The normalized spacial score (nSPS) is 14.9. The van der Waals surface area contributed by atoms with Crippen LogP contribution in [0, 0.1) is 0 Å². The maximum absolute atomic E-state index is 13.6. The first-order chi connectivity index (χ1) is 17.3. The van der Waals surface area contributed by atoms with Crippen LogP contribution in [-0.4, -0.2) is 91.8 Å². The fourth-order valence-corrected chi connectivity index (χ4v) is 5.66. The number of morpholine rings is 1. The van der Waals surface area contributed by atoms with Gasteiger partial charge in [-0.3, -0.25) is 9.69 Å². The Balaban J connectivity index is 2.01. The van der Waals surface area contributed by atoms with Gasteiger partial charge in [0.2, 0.25) is 10.0 Å². The summed E-state index contributed by atoms with van der Waals surface area (Å²) in [6, 6.07) is 4.61. The number of hydrogen-bond donors (Lipinski definition) is 2. The predicted molar refractivity (Wildman–Crippen MR) is 138 cm³/mol. The Labute approximate surface area is 213 Å². The Bertz CT molecular complexity index is 1160. The van der Waals surface area contributed by atoms with Gasteiger partial charge >= 0.3 is 0 Å². The SMILES string of the molecule is CCCOc1ccc(S(=O)(=O)N(CCO)CCN2CCOCC2)cc1-c1nc(CC)c(CC)c(=O)[nH]1. The number of aliphatic hydroxyl groups is 1. The van der Waals surface area contributed by atoms with Crippen LogP contribution in [0.3, 0.4) is 0 Å². The van der Waals surface area contributed by atoms with Crippen LogP contribution in [0.5, 0.6) is 5.75 Å². The fraction of sp³-hybridized carbons (Fsp3) is 0.600. The molecule has 0 saturated carbocycles. The van der Waals surface area contributed by atoms with Crippen molar-refractivity contribution in [2.75, 3.05) is 59.2 Å². The second-order valence-electron chi connectivity index (χ2n) is 8.64. The van der Waals surface area contributed by atoms with E-state index in [-0.39, 0.29) is 36.0 Å². The first-order valence-electron chi connectivity index (χ1n) is 12.7. The van der Waals surface area contributed by atoms with Crippen LogP contribution in [0.15, 0.2) is 27.9 Å². The van der Waals surface area contributed by atoms with E-state index in [2.05, 4.69) is 14.9 Å². The Kier molecular flexibility index (Phi) is 10.4. The Morgan fingerprint density at radius 2 is 1.92 bits per heavy atom. The van der Waals surface area contributed by atoms with Gasteiger partial charge in [-0.25, -0.2) is 13.4 Å². The van der Waals surface area contributed by atoms with Crippen LogP contribution in [0.1, 0.15) is 38.4 Å². The number of nitrogens with one attached hydrogen (secondary N) is 1. The van der Waals surface area contributed by atoms with E-state index in [1.165, 1.54) is 16.4 Å². The minimum atomic E-state index is -3.93. The predicted octanol–water partition coefficient (Wildman–Crippen LogP) is 1.67. The van der Waals surface area contributed by atoms with Gasteiger partial charge in [0.15, 0.2) is 0 Å². The summed E-state index contributed by atoms with van der Waals surface area (Å²) in [5.41, 5.74) is 1.48. The van der Waals surface area contributed by atoms with Gasteiger partial charge in [-0.15, -0.1) is 0 Å². The molecular formula is C25H38N4O6S. The van der Waals surface area contributed by atoms with Crippen LogP contribution in [-0.2, 0) is 27.6 Å². The highest BCUT2D eigenvalue weighted by Gasteiger charge is 2.27. The summed E-state index contributed by atoms with van der Waals surface area (Å²) in [5, 5.41) is 9.59. The molecular weight excluding hydrogens is 484 g/mol. The number of ether oxygens (including phenoxy) is 2. The van der Waals surface area contributed by atoms with E-state index in [0.29, 0.717) is 61.8 Å². The molecule has 1 fully saturated rings. The van der Waals surface area contributed by atoms with Crippen molar-refractivity contribution in [2.24, 2.45) is 0 Å². The van der Waals surface area contributed by atoms with Gasteiger partial charge in [0.05, 0.1) is 42.6 Å². The molecule has 0 radical (unpaired) electrons. The summed E-state index contributed by atoms with van der Waals surface area (Å²) in [6.45, 7) is 9.46. The molecule has 200 valence electrons. The zero-order valence-electron chi connectivity index (χ0n) is 21.5. The van der Waals surface area contributed by atoms with Gasteiger partial charge in [0.1, 0.15) is 11.6 Å². The number of nitrogens with zero attached hydrogens (tertiary/aromatic N) is 3. The van der Waals surface area contributed by atoms with E-state index in [1.54, 1.807) is 6.07 Å². The minimum Gasteiger partial charge on any atom is -0.493 e. The van der Waals surface area contributed by atoms with Crippen LogP contribution >= 0.6 is 0 Å². The van der Waals surface area contributed by atoms with E-state index in [0.717, 1.165) is 19.5 Å². The van der Waals surface area contributed by atoms with Gasteiger partial charge in [0, 0.05) is 38.3 Å². The fourth-order valence-electron chi connectivity index (χ4n) is 4.21. The van der Waals surface area contributed by atoms with E-state index in [1.807, 2.05) is 20.8 Å². The molecule has 1 aromatic heterocycles. The second kappa shape index (κ2) is 13.3. The number of benzene rings is 1. The molecule has 10 nitrogen and oxygen atoms in total.